The fourth-order valence-corrected chi connectivity index (χ4v) is 2.81. The number of hydrogen-bond donors (Lipinski definition) is 2. The Morgan fingerprint density at radius 1 is 1.35 bits per heavy atom. The minimum Gasteiger partial charge on any atom is -0.497 e. The highest BCUT2D eigenvalue weighted by Crippen LogP contribution is 2.24. The van der Waals surface area contributed by atoms with Crippen molar-refractivity contribution in [3.63, 3.8) is 0 Å². The van der Waals surface area contributed by atoms with Crippen molar-refractivity contribution in [1.82, 2.24) is 15.5 Å². The lowest BCUT2D eigenvalue weighted by molar-refractivity contribution is -0.125. The second-order valence-corrected chi connectivity index (χ2v) is 5.70. The summed E-state index contributed by atoms with van der Waals surface area (Å²) in [6.07, 6.45) is 8.75. The van der Waals surface area contributed by atoms with Crippen LogP contribution >= 0.6 is 0 Å². The fourth-order valence-electron chi connectivity index (χ4n) is 2.81. The van der Waals surface area contributed by atoms with Crippen LogP contribution in [-0.2, 0) is 11.3 Å². The van der Waals surface area contributed by atoms with Crippen molar-refractivity contribution in [3.05, 3.63) is 48.2 Å². The Morgan fingerprint density at radius 2 is 2.17 bits per heavy atom. The number of nitrogens with one attached hydrogen (secondary N) is 2. The first-order valence-corrected chi connectivity index (χ1v) is 7.87. The lowest BCUT2D eigenvalue weighted by atomic mass is 9.93. The van der Waals surface area contributed by atoms with E-state index in [-0.39, 0.29) is 11.8 Å². The van der Waals surface area contributed by atoms with E-state index in [1.807, 2.05) is 24.3 Å². The Morgan fingerprint density at radius 3 is 2.87 bits per heavy atom. The maximum Gasteiger partial charge on any atom is 0.223 e. The lowest BCUT2D eigenvalue weighted by Gasteiger charge is -2.17. The number of H-pyrrole nitrogens is 1. The molecule has 5 heteroatoms. The third-order valence-corrected chi connectivity index (χ3v) is 4.19. The van der Waals surface area contributed by atoms with Gasteiger partial charge in [0, 0.05) is 23.6 Å². The number of allylic oxidation sites excluding steroid dienone is 2. The summed E-state index contributed by atoms with van der Waals surface area (Å²) >= 11 is 0. The fraction of sp³-hybridized carbons (Fsp3) is 0.333. The van der Waals surface area contributed by atoms with E-state index in [0.717, 1.165) is 41.8 Å². The number of hydrogen-bond acceptors (Lipinski definition) is 3. The summed E-state index contributed by atoms with van der Waals surface area (Å²) in [7, 11) is 1.65. The summed E-state index contributed by atoms with van der Waals surface area (Å²) in [5.41, 5.74) is 2.93. The zero-order chi connectivity index (χ0) is 16.1. The number of methoxy groups -OCH3 is 1. The van der Waals surface area contributed by atoms with Crippen LogP contribution in [0.2, 0.25) is 0 Å². The molecule has 1 aliphatic rings. The average molecular weight is 311 g/mol. The number of aromatic nitrogens is 2. The molecule has 1 aliphatic carbocycles. The number of carbonyl (C=O) groups excluding carboxylic acids is 1. The number of rotatable bonds is 5. The molecule has 2 N–H and O–H groups in total. The van der Waals surface area contributed by atoms with Gasteiger partial charge in [-0.05, 0) is 43.5 Å². The monoisotopic (exact) mass is 311 g/mol. The SMILES string of the molecule is COc1ccc(-c2[nH]ncc2CNC(=O)[C@H]2CC=CCC2)cc1. The highest BCUT2D eigenvalue weighted by Gasteiger charge is 2.19. The molecule has 0 radical (unpaired) electrons. The van der Waals surface area contributed by atoms with Gasteiger partial charge in [-0.1, -0.05) is 12.2 Å². The van der Waals surface area contributed by atoms with Crippen LogP contribution in [0.1, 0.15) is 24.8 Å². The van der Waals surface area contributed by atoms with E-state index in [0.29, 0.717) is 6.54 Å². The van der Waals surface area contributed by atoms with Gasteiger partial charge in [-0.25, -0.2) is 0 Å². The highest BCUT2D eigenvalue weighted by atomic mass is 16.5. The molecule has 1 atom stereocenters. The number of aromatic amines is 1. The Hall–Kier alpha value is -2.56. The molecule has 1 aromatic heterocycles. The summed E-state index contributed by atoms with van der Waals surface area (Å²) in [6.45, 7) is 0.483. The molecule has 5 nitrogen and oxygen atoms in total. The topological polar surface area (TPSA) is 67.0 Å². The quantitative estimate of drug-likeness (QED) is 0.834. The zero-order valence-corrected chi connectivity index (χ0v) is 13.2. The first kappa shape index (κ1) is 15.3. The molecular formula is C18H21N3O2. The number of nitrogens with zero attached hydrogens (tertiary/aromatic N) is 1. The molecule has 120 valence electrons. The molecule has 0 bridgehead atoms. The lowest BCUT2D eigenvalue weighted by Crippen LogP contribution is -2.30. The number of carbonyl (C=O) groups is 1. The molecule has 0 saturated heterocycles. The Labute approximate surface area is 135 Å². The molecule has 0 saturated carbocycles. The maximum atomic E-state index is 12.2. The van der Waals surface area contributed by atoms with Gasteiger partial charge in [-0.15, -0.1) is 0 Å². The van der Waals surface area contributed by atoms with Gasteiger partial charge in [0.15, 0.2) is 0 Å². The van der Waals surface area contributed by atoms with Gasteiger partial charge < -0.3 is 10.1 Å². The van der Waals surface area contributed by atoms with Crippen molar-refractivity contribution in [2.24, 2.45) is 5.92 Å². The summed E-state index contributed by atoms with van der Waals surface area (Å²) in [4.78, 5) is 12.2. The van der Waals surface area contributed by atoms with Crippen LogP contribution in [0, 0.1) is 5.92 Å². The van der Waals surface area contributed by atoms with E-state index < -0.39 is 0 Å². The minimum absolute atomic E-state index is 0.0938. The Balaban J connectivity index is 1.66. The second-order valence-electron chi connectivity index (χ2n) is 5.70. The molecular weight excluding hydrogens is 290 g/mol. The smallest absolute Gasteiger partial charge is 0.223 e. The van der Waals surface area contributed by atoms with Crippen LogP contribution in [0.15, 0.2) is 42.6 Å². The molecule has 23 heavy (non-hydrogen) atoms. The van der Waals surface area contributed by atoms with E-state index in [1.54, 1.807) is 13.3 Å². The normalized spacial score (nSPS) is 17.0. The van der Waals surface area contributed by atoms with Crippen molar-refractivity contribution in [3.8, 4) is 17.0 Å². The molecule has 0 spiro atoms. The average Bonchev–Trinajstić information content (AvgIpc) is 3.09. The molecule has 1 aromatic carbocycles. The van der Waals surface area contributed by atoms with Crippen LogP contribution in [0.3, 0.4) is 0 Å². The van der Waals surface area contributed by atoms with E-state index in [4.69, 9.17) is 4.74 Å². The number of benzene rings is 1. The maximum absolute atomic E-state index is 12.2. The van der Waals surface area contributed by atoms with Crippen LogP contribution in [0.4, 0.5) is 0 Å². The summed E-state index contributed by atoms with van der Waals surface area (Å²) in [5, 5.41) is 10.2. The van der Waals surface area contributed by atoms with Gasteiger partial charge in [0.2, 0.25) is 5.91 Å². The predicted octanol–water partition coefficient (Wildman–Crippen LogP) is 3.06. The van der Waals surface area contributed by atoms with Gasteiger partial charge in [-0.2, -0.15) is 5.10 Å². The van der Waals surface area contributed by atoms with Crippen LogP contribution in [0.5, 0.6) is 5.75 Å². The molecule has 3 rings (SSSR count). The van der Waals surface area contributed by atoms with Crippen molar-refractivity contribution in [1.29, 1.82) is 0 Å². The van der Waals surface area contributed by atoms with Gasteiger partial charge in [-0.3, -0.25) is 9.89 Å². The second kappa shape index (κ2) is 7.13. The van der Waals surface area contributed by atoms with Crippen LogP contribution < -0.4 is 10.1 Å². The molecule has 2 aromatic rings. The van der Waals surface area contributed by atoms with E-state index >= 15 is 0 Å². The third-order valence-electron chi connectivity index (χ3n) is 4.19. The molecule has 0 unspecified atom stereocenters. The summed E-state index contributed by atoms with van der Waals surface area (Å²) in [5.74, 6) is 1.03. The van der Waals surface area contributed by atoms with Gasteiger partial charge in [0.05, 0.1) is 19.0 Å². The van der Waals surface area contributed by atoms with Crippen molar-refractivity contribution in [2.75, 3.05) is 7.11 Å². The van der Waals surface area contributed by atoms with Crippen LogP contribution in [-0.4, -0.2) is 23.2 Å². The molecule has 0 aliphatic heterocycles. The van der Waals surface area contributed by atoms with E-state index in [2.05, 4.69) is 27.7 Å². The molecule has 1 amide bonds. The zero-order valence-electron chi connectivity index (χ0n) is 13.2. The minimum atomic E-state index is 0.0938. The van der Waals surface area contributed by atoms with E-state index in [9.17, 15) is 4.79 Å². The van der Waals surface area contributed by atoms with Crippen molar-refractivity contribution < 1.29 is 9.53 Å². The predicted molar refractivity (Wildman–Crippen MR) is 88.9 cm³/mol. The Kier molecular flexibility index (Phi) is 4.76. The number of ether oxygens (including phenoxy) is 1. The highest BCUT2D eigenvalue weighted by molar-refractivity contribution is 5.79. The summed E-state index contributed by atoms with van der Waals surface area (Å²) < 4.78 is 5.17. The standard InChI is InChI=1S/C18H21N3O2/c1-23-16-9-7-13(8-10-16)17-15(12-20-21-17)11-19-18(22)14-5-3-2-4-6-14/h2-3,7-10,12,14H,4-6,11H2,1H3,(H,19,22)(H,20,21)/t14-/m0/s1. The van der Waals surface area contributed by atoms with Gasteiger partial charge in [0.1, 0.15) is 5.75 Å². The molecule has 1 heterocycles. The summed E-state index contributed by atoms with van der Waals surface area (Å²) in [6, 6.07) is 7.77. The van der Waals surface area contributed by atoms with Crippen molar-refractivity contribution >= 4 is 5.91 Å². The van der Waals surface area contributed by atoms with Gasteiger partial charge in [0.25, 0.3) is 0 Å². The van der Waals surface area contributed by atoms with Crippen LogP contribution in [0.25, 0.3) is 11.3 Å². The first-order chi connectivity index (χ1) is 11.3. The Bertz CT molecular complexity index is 689. The largest absolute Gasteiger partial charge is 0.497 e. The number of amides is 1. The third kappa shape index (κ3) is 3.62. The van der Waals surface area contributed by atoms with Crippen molar-refractivity contribution in [2.45, 2.75) is 25.8 Å². The van der Waals surface area contributed by atoms with Gasteiger partial charge >= 0.3 is 0 Å². The first-order valence-electron chi connectivity index (χ1n) is 7.87. The van der Waals surface area contributed by atoms with E-state index in [1.165, 1.54) is 0 Å². The molecule has 0 fully saturated rings.